The molecule has 0 N–H and O–H groups in total. The third-order valence-electron chi connectivity index (χ3n) is 10.2. The van der Waals surface area contributed by atoms with Gasteiger partial charge in [-0.2, -0.15) is 0 Å². The molecule has 0 radical (unpaired) electrons. The smallest absolute Gasteiger partial charge is 0.0964 e. The lowest BCUT2D eigenvalue weighted by atomic mass is 9.87. The zero-order valence-corrected chi connectivity index (χ0v) is 25.8. The predicted molar refractivity (Wildman–Crippen MR) is 202 cm³/mol. The molecule has 0 unspecified atom stereocenters. The maximum atomic E-state index is 5.04. The summed E-state index contributed by atoms with van der Waals surface area (Å²) in [6.45, 7) is 0. The Kier molecular flexibility index (Phi) is 5.11. The third-order valence-corrected chi connectivity index (χ3v) is 10.2. The number of fused-ring (bicyclic) bond motifs is 5. The molecule has 48 heavy (non-hydrogen) atoms. The van der Waals surface area contributed by atoms with Crippen molar-refractivity contribution in [2.45, 2.75) is 0 Å². The van der Waals surface area contributed by atoms with Crippen LogP contribution in [-0.2, 0) is 0 Å². The molecule has 3 nitrogen and oxygen atoms in total. The second-order valence-electron chi connectivity index (χ2n) is 12.8. The van der Waals surface area contributed by atoms with Crippen molar-refractivity contribution in [3.8, 4) is 22.4 Å². The van der Waals surface area contributed by atoms with Crippen molar-refractivity contribution < 1.29 is 0 Å². The van der Waals surface area contributed by atoms with E-state index in [0.717, 1.165) is 44.2 Å². The van der Waals surface area contributed by atoms with Gasteiger partial charge < -0.3 is 0 Å². The summed E-state index contributed by atoms with van der Waals surface area (Å²) in [6, 6.07) is 48.7. The zero-order chi connectivity index (χ0) is 31.3. The number of rotatable bonds is 2. The van der Waals surface area contributed by atoms with Crippen LogP contribution in [0, 0.1) is 0 Å². The number of aromatic nitrogens is 3. The van der Waals surface area contributed by atoms with Crippen molar-refractivity contribution in [2.24, 2.45) is 0 Å². The van der Waals surface area contributed by atoms with Crippen LogP contribution in [0.2, 0.25) is 0 Å². The molecule has 0 aliphatic rings. The normalized spacial score (nSPS) is 12.2. The standard InChI is InChI=1S/C45H25N3/c1-5-26-12-13-27-7-3-11-37-38-23-33(21-30-16-14-28-6-2-10-36(41(28)43(30)38)35(9-1)40(26)42(27)37)39-19-18-32(24-47-39)34-22-31-17-15-29-8-4-20-46-44(29)45(31)48-25-34/h1-25H. The van der Waals surface area contributed by atoms with Crippen molar-refractivity contribution >= 4 is 86.4 Å². The Bertz CT molecular complexity index is 3100. The Labute approximate surface area is 275 Å². The average molecular weight is 608 g/mol. The minimum Gasteiger partial charge on any atom is -0.256 e. The van der Waals surface area contributed by atoms with Gasteiger partial charge in [0, 0.05) is 46.1 Å². The van der Waals surface area contributed by atoms with E-state index >= 15 is 0 Å². The molecule has 3 heterocycles. The fourth-order valence-electron chi connectivity index (χ4n) is 8.06. The summed E-state index contributed by atoms with van der Waals surface area (Å²) < 4.78 is 0. The summed E-state index contributed by atoms with van der Waals surface area (Å²) in [7, 11) is 0. The number of pyridine rings is 3. The van der Waals surface area contributed by atoms with Crippen molar-refractivity contribution in [3.05, 3.63) is 152 Å². The van der Waals surface area contributed by atoms with Crippen molar-refractivity contribution in [1.82, 2.24) is 15.0 Å². The van der Waals surface area contributed by atoms with Gasteiger partial charge >= 0.3 is 0 Å². The van der Waals surface area contributed by atoms with Crippen LogP contribution in [0.25, 0.3) is 109 Å². The van der Waals surface area contributed by atoms with Crippen LogP contribution in [0.5, 0.6) is 0 Å². The largest absolute Gasteiger partial charge is 0.256 e. The van der Waals surface area contributed by atoms with Crippen LogP contribution >= 0.6 is 0 Å². The number of benzene rings is 7. The maximum absolute atomic E-state index is 5.04. The van der Waals surface area contributed by atoms with Crippen molar-refractivity contribution in [1.29, 1.82) is 0 Å². The minimum atomic E-state index is 0.919. The average Bonchev–Trinajstić information content (AvgIpc) is 3.15. The summed E-state index contributed by atoms with van der Waals surface area (Å²) in [4.78, 5) is 14.5. The zero-order valence-electron chi connectivity index (χ0n) is 25.8. The fourth-order valence-corrected chi connectivity index (χ4v) is 8.06. The number of nitrogens with zero attached hydrogens (tertiary/aromatic N) is 3. The topological polar surface area (TPSA) is 38.7 Å². The van der Waals surface area contributed by atoms with Gasteiger partial charge in [-0.1, -0.05) is 103 Å². The molecule has 0 bridgehead atoms. The summed E-state index contributed by atoms with van der Waals surface area (Å²) in [5.41, 5.74) is 5.97. The van der Waals surface area contributed by atoms with Gasteiger partial charge in [-0.15, -0.1) is 0 Å². The highest BCUT2D eigenvalue weighted by atomic mass is 14.7. The highest BCUT2D eigenvalue weighted by molar-refractivity contribution is 6.37. The van der Waals surface area contributed by atoms with Crippen LogP contribution in [0.1, 0.15) is 0 Å². The van der Waals surface area contributed by atoms with Gasteiger partial charge in [-0.05, 0) is 95.0 Å². The Morgan fingerprint density at radius 1 is 0.312 bits per heavy atom. The number of hydrogen-bond donors (Lipinski definition) is 0. The van der Waals surface area contributed by atoms with E-state index in [4.69, 9.17) is 9.97 Å². The molecule has 0 aliphatic carbocycles. The quantitative estimate of drug-likeness (QED) is 0.184. The van der Waals surface area contributed by atoms with Gasteiger partial charge in [0.1, 0.15) is 0 Å². The first-order valence-electron chi connectivity index (χ1n) is 16.3. The highest BCUT2D eigenvalue weighted by Crippen LogP contribution is 2.44. The second kappa shape index (κ2) is 9.54. The SMILES string of the molecule is c1cnc2c(c1)ccc1cc(-c3ccc(-c4cc5ccc6cccc7c8cccc9ccc%10cccc(c(c4)c5c67)c%10c98)nc3)cnc12. The van der Waals surface area contributed by atoms with E-state index in [9.17, 15) is 0 Å². The van der Waals surface area contributed by atoms with Crippen LogP contribution in [0.3, 0.4) is 0 Å². The minimum absolute atomic E-state index is 0.919. The molecule has 8 aromatic carbocycles. The lowest BCUT2D eigenvalue weighted by Gasteiger charge is -2.17. The monoisotopic (exact) mass is 607 g/mol. The Morgan fingerprint density at radius 2 is 0.854 bits per heavy atom. The van der Waals surface area contributed by atoms with Crippen LogP contribution in [0.15, 0.2) is 152 Å². The molecule has 0 saturated carbocycles. The molecule has 0 spiro atoms. The molecule has 0 saturated heterocycles. The maximum Gasteiger partial charge on any atom is 0.0964 e. The number of hydrogen-bond acceptors (Lipinski definition) is 3. The molecular weight excluding hydrogens is 583 g/mol. The predicted octanol–water partition coefficient (Wildman–Crippen LogP) is 11.9. The van der Waals surface area contributed by atoms with Gasteiger partial charge in [-0.25, -0.2) is 0 Å². The summed E-state index contributed by atoms with van der Waals surface area (Å²) in [6.07, 6.45) is 5.73. The van der Waals surface area contributed by atoms with Gasteiger partial charge in [-0.3, -0.25) is 15.0 Å². The van der Waals surface area contributed by atoms with E-state index in [1.807, 2.05) is 24.7 Å². The lowest BCUT2D eigenvalue weighted by Crippen LogP contribution is -1.91. The van der Waals surface area contributed by atoms with Crippen LogP contribution in [-0.4, -0.2) is 15.0 Å². The molecular formula is C45H25N3. The molecule has 11 rings (SSSR count). The van der Waals surface area contributed by atoms with E-state index in [-0.39, 0.29) is 0 Å². The first kappa shape index (κ1) is 25.7. The molecule has 3 aromatic heterocycles. The van der Waals surface area contributed by atoms with Crippen molar-refractivity contribution in [3.63, 3.8) is 0 Å². The Balaban J connectivity index is 1.16. The van der Waals surface area contributed by atoms with Gasteiger partial charge in [0.2, 0.25) is 0 Å². The van der Waals surface area contributed by atoms with Crippen LogP contribution in [0.4, 0.5) is 0 Å². The van der Waals surface area contributed by atoms with E-state index in [2.05, 4.69) is 132 Å². The molecule has 11 aromatic rings. The summed E-state index contributed by atoms with van der Waals surface area (Å²) in [5.74, 6) is 0. The fraction of sp³-hybridized carbons (Fsp3) is 0. The third kappa shape index (κ3) is 3.56. The molecule has 0 fully saturated rings. The van der Waals surface area contributed by atoms with Gasteiger partial charge in [0.15, 0.2) is 0 Å². The molecule has 220 valence electrons. The highest BCUT2D eigenvalue weighted by Gasteiger charge is 2.16. The first-order chi connectivity index (χ1) is 23.8. The molecule has 0 aliphatic heterocycles. The van der Waals surface area contributed by atoms with Gasteiger partial charge in [0.05, 0.1) is 16.7 Å². The molecule has 0 amide bonds. The lowest BCUT2D eigenvalue weighted by molar-refractivity contribution is 1.32. The molecule has 3 heteroatoms. The Hall–Kier alpha value is -6.45. The first-order valence-corrected chi connectivity index (χ1v) is 16.3. The van der Waals surface area contributed by atoms with Crippen LogP contribution < -0.4 is 0 Å². The second-order valence-corrected chi connectivity index (χ2v) is 12.8. The summed E-state index contributed by atoms with van der Waals surface area (Å²) >= 11 is 0. The molecule has 0 atom stereocenters. The summed E-state index contributed by atoms with van der Waals surface area (Å²) in [5, 5.41) is 17.5. The van der Waals surface area contributed by atoms with Gasteiger partial charge in [0.25, 0.3) is 0 Å². The van der Waals surface area contributed by atoms with E-state index in [1.54, 1.807) is 0 Å². The van der Waals surface area contributed by atoms with E-state index in [0.29, 0.717) is 0 Å². The van der Waals surface area contributed by atoms with E-state index in [1.165, 1.54) is 64.6 Å². The van der Waals surface area contributed by atoms with E-state index < -0.39 is 0 Å². The Morgan fingerprint density at radius 3 is 1.54 bits per heavy atom. The van der Waals surface area contributed by atoms with Crippen molar-refractivity contribution in [2.75, 3.05) is 0 Å².